The Morgan fingerprint density at radius 1 is 0.941 bits per heavy atom. The van der Waals surface area contributed by atoms with Gasteiger partial charge < -0.3 is 43.8 Å². The fourth-order valence-corrected chi connectivity index (χ4v) is 6.83. The zero-order valence-electron chi connectivity index (χ0n) is 31.6. The van der Waals surface area contributed by atoms with Crippen LogP contribution in [0.1, 0.15) is 105 Å². The Balaban J connectivity index is 2.65. The Morgan fingerprint density at radius 2 is 1.65 bits per heavy atom. The van der Waals surface area contributed by atoms with Crippen LogP contribution in [0.25, 0.3) is 0 Å². The first-order chi connectivity index (χ1) is 24.1. The number of carbonyl (C=O) groups excluding carboxylic acids is 5. The van der Waals surface area contributed by atoms with E-state index in [0.29, 0.717) is 56.8 Å². The lowest BCUT2D eigenvalue weighted by atomic mass is 9.98. The Kier molecular flexibility index (Phi) is 22.2. The molecule has 1 aliphatic rings. The van der Waals surface area contributed by atoms with E-state index in [9.17, 15) is 24.0 Å². The van der Waals surface area contributed by atoms with Crippen LogP contribution < -0.4 is 43.8 Å². The van der Waals surface area contributed by atoms with Crippen molar-refractivity contribution in [3.05, 3.63) is 24.6 Å². The molecular formula is C36H67N9O5S. The molecule has 11 N–H and O–H groups in total. The second-order valence-corrected chi connectivity index (χ2v) is 15.4. The number of amides is 6. The number of thioether (sulfide) groups is 1. The third kappa shape index (κ3) is 19.2. The summed E-state index contributed by atoms with van der Waals surface area (Å²) in [4.78, 5) is 64.3. The molecule has 0 spiro atoms. The van der Waals surface area contributed by atoms with E-state index >= 15 is 0 Å². The van der Waals surface area contributed by atoms with Crippen molar-refractivity contribution in [2.75, 3.05) is 38.5 Å². The van der Waals surface area contributed by atoms with Crippen LogP contribution in [0.15, 0.2) is 24.6 Å². The van der Waals surface area contributed by atoms with E-state index in [1.165, 1.54) is 16.7 Å². The summed E-state index contributed by atoms with van der Waals surface area (Å²) in [5.74, 6) is -0.353. The zero-order chi connectivity index (χ0) is 38.4. The molecule has 0 aliphatic carbocycles. The molecule has 0 radical (unpaired) electrons. The highest BCUT2D eigenvalue weighted by Crippen LogP contribution is 2.27. The summed E-state index contributed by atoms with van der Waals surface area (Å²) >= 11 is 1.33. The van der Waals surface area contributed by atoms with E-state index in [0.717, 1.165) is 50.6 Å². The minimum atomic E-state index is -0.612. The van der Waals surface area contributed by atoms with Crippen LogP contribution in [-0.2, 0) is 19.2 Å². The number of nitrogens with zero attached hydrogens (tertiary/aromatic N) is 1. The number of allylic oxidation sites excluding steroid dienone is 1. The number of hydrogen-bond donors (Lipinski definition) is 8. The van der Waals surface area contributed by atoms with E-state index < -0.39 is 28.9 Å². The van der Waals surface area contributed by atoms with Crippen molar-refractivity contribution in [1.82, 2.24) is 31.5 Å². The average Bonchev–Trinajstić information content (AvgIpc) is 3.34. The van der Waals surface area contributed by atoms with Gasteiger partial charge in [-0.25, -0.2) is 4.79 Å². The second kappa shape index (κ2) is 24.8. The molecule has 1 saturated heterocycles. The van der Waals surface area contributed by atoms with Gasteiger partial charge in [0.15, 0.2) is 0 Å². The Hall–Kier alpha value is -3.30. The first kappa shape index (κ1) is 45.7. The van der Waals surface area contributed by atoms with Crippen molar-refractivity contribution in [2.24, 2.45) is 23.1 Å². The van der Waals surface area contributed by atoms with Gasteiger partial charge in [0.05, 0.1) is 17.8 Å². The third-order valence-electron chi connectivity index (χ3n) is 9.02. The largest absolute Gasteiger partial charge is 0.401 e. The molecule has 0 saturated carbocycles. The van der Waals surface area contributed by atoms with E-state index in [2.05, 4.69) is 53.6 Å². The van der Waals surface area contributed by atoms with Gasteiger partial charge in [0, 0.05) is 48.7 Å². The number of urea groups is 1. The van der Waals surface area contributed by atoms with Gasteiger partial charge in [-0.05, 0) is 71.3 Å². The van der Waals surface area contributed by atoms with Crippen LogP contribution in [0.2, 0.25) is 0 Å². The monoisotopic (exact) mass is 737 g/mol. The lowest BCUT2D eigenvalue weighted by Crippen LogP contribution is -2.48. The number of nitrogens with one attached hydrogen (secondary N) is 5. The Bertz CT molecular complexity index is 1150. The summed E-state index contributed by atoms with van der Waals surface area (Å²) < 4.78 is 0. The van der Waals surface area contributed by atoms with Gasteiger partial charge in [-0.3, -0.25) is 24.1 Å². The molecule has 1 aliphatic heterocycles. The van der Waals surface area contributed by atoms with Gasteiger partial charge in [-0.1, -0.05) is 52.7 Å². The third-order valence-corrected chi connectivity index (χ3v) is 10.3. The maximum Gasteiger partial charge on any atom is 0.312 e. The molecule has 1 rings (SSSR count). The molecule has 14 nitrogen and oxygen atoms in total. The summed E-state index contributed by atoms with van der Waals surface area (Å²) in [6.45, 7) is 18.0. The Morgan fingerprint density at radius 3 is 2.29 bits per heavy atom. The van der Waals surface area contributed by atoms with Gasteiger partial charge in [0.1, 0.15) is 6.04 Å². The number of unbranched alkanes of at least 4 members (excludes halogenated alkanes) is 4. The molecule has 6 amide bonds. The molecule has 0 aromatic heterocycles. The van der Waals surface area contributed by atoms with Gasteiger partial charge in [0.25, 0.3) is 0 Å². The van der Waals surface area contributed by atoms with Crippen LogP contribution in [-0.4, -0.2) is 95.9 Å². The number of carbonyl (C=O) groups is 5. The van der Waals surface area contributed by atoms with Crippen LogP contribution >= 0.6 is 11.8 Å². The molecule has 0 bridgehead atoms. The SMILES string of the molecule is C=C(N)C(CCCNC(N)=O)NC(=O)CNC(C)(C)CCCN1C(=O)CC(SC[C@H](NC(=C)[C@@H](C)CCCCN)C(=O)NCCCCCC)C1=O. The minimum absolute atomic E-state index is 0.0387. The predicted molar refractivity (Wildman–Crippen MR) is 206 cm³/mol. The van der Waals surface area contributed by atoms with Crippen molar-refractivity contribution in [1.29, 1.82) is 0 Å². The second-order valence-electron chi connectivity index (χ2n) is 14.1. The van der Waals surface area contributed by atoms with Gasteiger partial charge >= 0.3 is 6.03 Å². The van der Waals surface area contributed by atoms with Crippen molar-refractivity contribution in [3.8, 4) is 0 Å². The van der Waals surface area contributed by atoms with Crippen LogP contribution in [0.5, 0.6) is 0 Å². The van der Waals surface area contributed by atoms with Crippen LogP contribution in [0, 0.1) is 5.92 Å². The van der Waals surface area contributed by atoms with Gasteiger partial charge in [-0.2, -0.15) is 0 Å². The molecule has 4 atom stereocenters. The van der Waals surface area contributed by atoms with Crippen LogP contribution in [0.4, 0.5) is 4.79 Å². The van der Waals surface area contributed by atoms with Crippen molar-refractivity contribution >= 4 is 41.4 Å². The number of nitrogens with two attached hydrogens (primary N) is 3. The summed E-state index contributed by atoms with van der Waals surface area (Å²) in [6.07, 6.45) is 9.34. The van der Waals surface area contributed by atoms with Crippen LogP contribution in [0.3, 0.4) is 0 Å². The van der Waals surface area contributed by atoms with E-state index in [-0.39, 0.29) is 49.1 Å². The molecule has 51 heavy (non-hydrogen) atoms. The molecule has 0 aromatic rings. The maximum atomic E-state index is 13.3. The lowest BCUT2D eigenvalue weighted by molar-refractivity contribution is -0.138. The fourth-order valence-electron chi connectivity index (χ4n) is 5.64. The van der Waals surface area contributed by atoms with Gasteiger partial charge in [0.2, 0.25) is 23.6 Å². The molecule has 15 heteroatoms. The molecule has 2 unspecified atom stereocenters. The molecule has 0 aromatic carbocycles. The number of rotatable bonds is 29. The molecule has 1 fully saturated rings. The molecular weight excluding hydrogens is 671 g/mol. The van der Waals surface area contributed by atoms with E-state index in [1.807, 2.05) is 13.8 Å². The molecule has 292 valence electrons. The summed E-state index contributed by atoms with van der Waals surface area (Å²) in [6, 6.07) is -1.64. The standard InChI is InChI=1S/C36H67N9O5S/c1-7-8-9-12-19-40-33(48)29(43-27(4)25(2)15-10-11-18-37)24-51-30-22-32(47)45(34(30)49)21-14-17-36(5,6)42-23-31(46)44-28(26(3)38)16-13-20-41-35(39)50/h25,28-30,42-43H,3-4,7-24,37-38H2,1-2,5-6H3,(H,40,48)(H,44,46)(H3,39,41,50)/t25-,28?,29-,30?/m0/s1. The first-order valence-electron chi connectivity index (χ1n) is 18.5. The van der Waals surface area contributed by atoms with Gasteiger partial charge in [-0.15, -0.1) is 11.8 Å². The zero-order valence-corrected chi connectivity index (χ0v) is 32.4. The van der Waals surface area contributed by atoms with E-state index in [4.69, 9.17) is 17.2 Å². The summed E-state index contributed by atoms with van der Waals surface area (Å²) in [5.41, 5.74) is 17.2. The number of likely N-dealkylation sites (tertiary alicyclic amines) is 1. The number of primary amides is 1. The molecule has 1 heterocycles. The number of hydrogen-bond acceptors (Lipinski definition) is 10. The van der Waals surface area contributed by atoms with Crippen molar-refractivity contribution in [3.63, 3.8) is 0 Å². The quantitative estimate of drug-likeness (QED) is 0.0413. The minimum Gasteiger partial charge on any atom is -0.401 e. The highest BCUT2D eigenvalue weighted by molar-refractivity contribution is 8.00. The average molecular weight is 738 g/mol. The number of imide groups is 1. The topological polar surface area (TPSA) is 227 Å². The maximum absolute atomic E-state index is 13.3. The normalized spacial score (nSPS) is 16.3. The first-order valence-corrected chi connectivity index (χ1v) is 19.6. The summed E-state index contributed by atoms with van der Waals surface area (Å²) in [7, 11) is 0. The fraction of sp³-hybridized carbons (Fsp3) is 0.750. The highest BCUT2D eigenvalue weighted by atomic mass is 32.2. The smallest absolute Gasteiger partial charge is 0.312 e. The Labute approximate surface area is 310 Å². The summed E-state index contributed by atoms with van der Waals surface area (Å²) in [5, 5.41) is 14.4. The lowest BCUT2D eigenvalue weighted by Gasteiger charge is -2.28. The van der Waals surface area contributed by atoms with Crippen molar-refractivity contribution in [2.45, 2.75) is 128 Å². The van der Waals surface area contributed by atoms with E-state index in [1.54, 1.807) is 0 Å². The highest BCUT2D eigenvalue weighted by Gasteiger charge is 2.39. The van der Waals surface area contributed by atoms with Crippen molar-refractivity contribution < 1.29 is 24.0 Å². The predicted octanol–water partition coefficient (Wildman–Crippen LogP) is 2.33.